The Balaban J connectivity index is 1.37. The average Bonchev–Trinajstić information content (AvgIpc) is 3.34. The van der Waals surface area contributed by atoms with Gasteiger partial charge >= 0.3 is 0 Å². The number of rotatable bonds is 6. The molecule has 7 heteroatoms. The molecule has 2 aromatic rings. The topological polar surface area (TPSA) is 76.5 Å². The number of aromatic nitrogens is 2. The number of benzene rings is 1. The molecule has 0 radical (unpaired) electrons. The molecule has 1 saturated heterocycles. The zero-order chi connectivity index (χ0) is 18.8. The van der Waals surface area contributed by atoms with E-state index in [1.54, 1.807) is 22.8 Å². The van der Waals surface area contributed by atoms with Crippen LogP contribution in [0.15, 0.2) is 23.0 Å². The largest absolute Gasteiger partial charge is 0.484 e. The summed E-state index contributed by atoms with van der Waals surface area (Å²) in [5.41, 5.74) is 0.661. The van der Waals surface area contributed by atoms with Crippen LogP contribution in [0.25, 0.3) is 10.9 Å². The fourth-order valence-corrected chi connectivity index (χ4v) is 4.13. The lowest BCUT2D eigenvalue weighted by Gasteiger charge is -2.22. The number of carbonyl (C=O) groups is 1. The molecule has 2 aliphatic heterocycles. The maximum atomic E-state index is 12.6. The lowest BCUT2D eigenvalue weighted by Crippen LogP contribution is -2.41. The van der Waals surface area contributed by atoms with E-state index >= 15 is 0 Å². The predicted octanol–water partition coefficient (Wildman–Crippen LogP) is 1.32. The van der Waals surface area contributed by atoms with E-state index in [9.17, 15) is 9.59 Å². The molecule has 1 aromatic carbocycles. The SMILES string of the molecule is CCN1CCC[C@H]1CNC(=O)COc1ccc2nc3n(c(=O)c2c1)CCC3. The third-order valence-electron chi connectivity index (χ3n) is 5.60. The highest BCUT2D eigenvalue weighted by Crippen LogP contribution is 2.20. The molecule has 4 rings (SSSR count). The highest BCUT2D eigenvalue weighted by atomic mass is 16.5. The lowest BCUT2D eigenvalue weighted by molar-refractivity contribution is -0.123. The Bertz CT molecular complexity index is 908. The maximum absolute atomic E-state index is 12.6. The smallest absolute Gasteiger partial charge is 0.261 e. The van der Waals surface area contributed by atoms with E-state index in [1.165, 1.54) is 6.42 Å². The van der Waals surface area contributed by atoms with Crippen LogP contribution >= 0.6 is 0 Å². The number of aryl methyl sites for hydroxylation is 1. The fraction of sp³-hybridized carbons (Fsp3) is 0.550. The third-order valence-corrected chi connectivity index (χ3v) is 5.60. The standard InChI is InChI=1S/C20H26N4O3/c1-2-23-9-3-5-14(23)12-21-19(25)13-27-15-7-8-17-16(11-15)20(26)24-10-4-6-18(24)22-17/h7-8,11,14H,2-6,9-10,12-13H2,1H3,(H,21,25)/t14-/m0/s1. The van der Waals surface area contributed by atoms with Gasteiger partial charge in [-0.05, 0) is 50.6 Å². The second-order valence-corrected chi connectivity index (χ2v) is 7.28. The molecule has 0 saturated carbocycles. The minimum absolute atomic E-state index is 0.0247. The van der Waals surface area contributed by atoms with Gasteiger partial charge in [0.2, 0.25) is 0 Å². The van der Waals surface area contributed by atoms with Gasteiger partial charge in [0.05, 0.1) is 10.9 Å². The molecule has 1 fully saturated rings. The van der Waals surface area contributed by atoms with Crippen molar-refractivity contribution >= 4 is 16.8 Å². The van der Waals surface area contributed by atoms with Crippen LogP contribution in [-0.2, 0) is 17.8 Å². The van der Waals surface area contributed by atoms with E-state index in [4.69, 9.17) is 4.74 Å². The number of carbonyl (C=O) groups excluding carboxylic acids is 1. The van der Waals surface area contributed by atoms with Gasteiger partial charge in [0.25, 0.3) is 11.5 Å². The second kappa shape index (κ2) is 7.68. The summed E-state index contributed by atoms with van der Waals surface area (Å²) < 4.78 is 7.35. The van der Waals surface area contributed by atoms with E-state index in [-0.39, 0.29) is 18.1 Å². The molecule has 144 valence electrons. The van der Waals surface area contributed by atoms with E-state index in [0.717, 1.165) is 44.7 Å². The first kappa shape index (κ1) is 18.0. The van der Waals surface area contributed by atoms with Gasteiger partial charge in [0, 0.05) is 25.6 Å². The minimum Gasteiger partial charge on any atom is -0.484 e. The van der Waals surface area contributed by atoms with Crippen molar-refractivity contribution in [2.24, 2.45) is 0 Å². The molecule has 27 heavy (non-hydrogen) atoms. The van der Waals surface area contributed by atoms with Gasteiger partial charge in [-0.1, -0.05) is 6.92 Å². The van der Waals surface area contributed by atoms with Crippen molar-refractivity contribution < 1.29 is 9.53 Å². The molecule has 0 spiro atoms. The van der Waals surface area contributed by atoms with Crippen LogP contribution in [0.2, 0.25) is 0 Å². The number of amides is 1. The van der Waals surface area contributed by atoms with Crippen LogP contribution in [0, 0.1) is 0 Å². The number of nitrogens with zero attached hydrogens (tertiary/aromatic N) is 3. The summed E-state index contributed by atoms with van der Waals surface area (Å²) in [5.74, 6) is 1.24. The lowest BCUT2D eigenvalue weighted by atomic mass is 10.2. The Morgan fingerprint density at radius 2 is 2.22 bits per heavy atom. The summed E-state index contributed by atoms with van der Waals surface area (Å²) in [4.78, 5) is 31.7. The number of hydrogen-bond acceptors (Lipinski definition) is 5. The Morgan fingerprint density at radius 3 is 3.07 bits per heavy atom. The molecule has 1 N–H and O–H groups in total. The molecule has 0 bridgehead atoms. The zero-order valence-corrected chi connectivity index (χ0v) is 15.7. The number of nitrogens with one attached hydrogen (secondary N) is 1. The summed E-state index contributed by atoms with van der Waals surface area (Å²) in [6.45, 7) is 5.60. The van der Waals surface area contributed by atoms with Gasteiger partial charge in [-0.25, -0.2) is 4.98 Å². The Morgan fingerprint density at radius 1 is 1.33 bits per heavy atom. The Labute approximate surface area is 158 Å². The molecule has 3 heterocycles. The Kier molecular flexibility index (Phi) is 5.11. The molecule has 1 atom stereocenters. The van der Waals surface area contributed by atoms with E-state index < -0.39 is 0 Å². The first-order valence-corrected chi connectivity index (χ1v) is 9.82. The number of hydrogen-bond donors (Lipinski definition) is 1. The summed E-state index contributed by atoms with van der Waals surface area (Å²) in [7, 11) is 0. The average molecular weight is 370 g/mol. The second-order valence-electron chi connectivity index (χ2n) is 7.28. The third kappa shape index (κ3) is 3.69. The van der Waals surface area contributed by atoms with Crippen LogP contribution in [0.1, 0.15) is 32.0 Å². The van der Waals surface area contributed by atoms with Crippen molar-refractivity contribution in [1.82, 2.24) is 19.8 Å². The van der Waals surface area contributed by atoms with Crippen LogP contribution in [0.3, 0.4) is 0 Å². The minimum atomic E-state index is -0.137. The molecular formula is C20H26N4O3. The van der Waals surface area contributed by atoms with Gasteiger partial charge in [0.1, 0.15) is 11.6 Å². The van der Waals surface area contributed by atoms with Gasteiger partial charge in [0.15, 0.2) is 6.61 Å². The highest BCUT2D eigenvalue weighted by Gasteiger charge is 2.23. The normalized spacial score (nSPS) is 19.4. The maximum Gasteiger partial charge on any atom is 0.261 e. The van der Waals surface area contributed by atoms with E-state index in [0.29, 0.717) is 29.2 Å². The van der Waals surface area contributed by atoms with Crippen LogP contribution < -0.4 is 15.6 Å². The van der Waals surface area contributed by atoms with Gasteiger partial charge < -0.3 is 10.1 Å². The predicted molar refractivity (Wildman–Crippen MR) is 103 cm³/mol. The molecule has 0 aliphatic carbocycles. The Hall–Kier alpha value is -2.41. The van der Waals surface area contributed by atoms with Crippen LogP contribution in [0.5, 0.6) is 5.75 Å². The molecule has 7 nitrogen and oxygen atoms in total. The van der Waals surface area contributed by atoms with Crippen molar-refractivity contribution in [1.29, 1.82) is 0 Å². The monoisotopic (exact) mass is 370 g/mol. The molecular weight excluding hydrogens is 344 g/mol. The van der Waals surface area contributed by atoms with Gasteiger partial charge in [-0.15, -0.1) is 0 Å². The highest BCUT2D eigenvalue weighted by molar-refractivity contribution is 5.80. The molecule has 1 amide bonds. The summed E-state index contributed by atoms with van der Waals surface area (Å²) in [6.07, 6.45) is 4.12. The molecule has 2 aliphatic rings. The number of ether oxygens (including phenoxy) is 1. The van der Waals surface area contributed by atoms with E-state index in [2.05, 4.69) is 22.1 Å². The van der Waals surface area contributed by atoms with Crippen molar-refractivity contribution in [2.45, 2.75) is 45.2 Å². The van der Waals surface area contributed by atoms with Crippen LogP contribution in [-0.4, -0.2) is 52.6 Å². The quantitative estimate of drug-likeness (QED) is 0.830. The number of likely N-dealkylation sites (tertiary alicyclic amines) is 1. The first-order valence-electron chi connectivity index (χ1n) is 9.82. The fourth-order valence-electron chi connectivity index (χ4n) is 4.13. The van der Waals surface area contributed by atoms with Crippen LogP contribution in [0.4, 0.5) is 0 Å². The first-order chi connectivity index (χ1) is 13.2. The molecule has 0 unspecified atom stereocenters. The van der Waals surface area contributed by atoms with Crippen molar-refractivity contribution in [3.05, 3.63) is 34.4 Å². The van der Waals surface area contributed by atoms with Crippen molar-refractivity contribution in [3.63, 3.8) is 0 Å². The molecule has 1 aromatic heterocycles. The van der Waals surface area contributed by atoms with E-state index in [1.807, 2.05) is 0 Å². The summed E-state index contributed by atoms with van der Waals surface area (Å²) >= 11 is 0. The van der Waals surface area contributed by atoms with Crippen molar-refractivity contribution in [2.75, 3.05) is 26.2 Å². The zero-order valence-electron chi connectivity index (χ0n) is 15.7. The number of likely N-dealkylation sites (N-methyl/N-ethyl adjacent to an activating group) is 1. The summed E-state index contributed by atoms with van der Waals surface area (Å²) in [5, 5.41) is 3.50. The number of fused-ring (bicyclic) bond motifs is 2. The summed E-state index contributed by atoms with van der Waals surface area (Å²) in [6, 6.07) is 5.68. The van der Waals surface area contributed by atoms with Crippen molar-refractivity contribution in [3.8, 4) is 5.75 Å². The van der Waals surface area contributed by atoms with Gasteiger partial charge in [-0.2, -0.15) is 0 Å². The van der Waals surface area contributed by atoms with Gasteiger partial charge in [-0.3, -0.25) is 19.1 Å².